The Hall–Kier alpha value is -5.28. The van der Waals surface area contributed by atoms with Crippen LogP contribution in [0.5, 0.6) is 5.88 Å². The van der Waals surface area contributed by atoms with Crippen LogP contribution in [-0.4, -0.2) is 27.1 Å². The second-order valence-corrected chi connectivity index (χ2v) is 14.0. The number of hydrogen-bond acceptors (Lipinski definition) is 7. The first-order valence-electron chi connectivity index (χ1n) is 16.4. The smallest absolute Gasteiger partial charge is 0.857 e. The number of carbonyl (C=O) groups is 1. The number of carbonyl (C=O) groups excluding carboxylic acids is 1. The summed E-state index contributed by atoms with van der Waals surface area (Å²) in [5, 5.41) is 35.0. The first-order valence-corrected chi connectivity index (χ1v) is 16.4. The standard InChI is InChI=1S/2C20H22N4O.Zn/c2*1-14-18(19(25)24(23-14)17-8-6-5-7-9-17)22-21-16-12-10-15(11-13-16)20(2,3)4;/h5-13H,1-4H3,(H,21,23,25);5-13,25H,1-4H3;/q;;+2/p-2. The molecule has 0 saturated heterocycles. The Morgan fingerprint density at radius 3 is 1.73 bits per heavy atom. The summed E-state index contributed by atoms with van der Waals surface area (Å²) in [6.07, 6.45) is 0. The molecule has 1 amide bonds. The Labute approximate surface area is 312 Å². The second-order valence-electron chi connectivity index (χ2n) is 14.0. The molecule has 0 atom stereocenters. The van der Waals surface area contributed by atoms with Gasteiger partial charge in [0, 0.05) is 5.88 Å². The van der Waals surface area contributed by atoms with Gasteiger partial charge in [-0.3, -0.25) is 4.79 Å². The SMILES string of the molecule is CC1=NN(c2ccccc2)C(=O)/C1=N\[N-]c1ccc(C(C)(C)C)cc1.Cc1nn(-c2ccccc2)c([O-])c1N=Nc1ccc(C(C)(C)C)cc1.[Zn+2]. The molecule has 11 heteroatoms. The monoisotopic (exact) mass is 730 g/mol. The molecule has 6 rings (SSSR count). The van der Waals surface area contributed by atoms with Crippen LogP contribution in [0.3, 0.4) is 0 Å². The summed E-state index contributed by atoms with van der Waals surface area (Å²) < 4.78 is 1.35. The molecular weight excluding hydrogens is 690 g/mol. The van der Waals surface area contributed by atoms with Gasteiger partial charge in [-0.25, -0.2) is 4.68 Å². The average molecular weight is 732 g/mol. The zero-order valence-corrected chi connectivity index (χ0v) is 33.5. The Balaban J connectivity index is 0.000000224. The molecule has 0 bridgehead atoms. The molecule has 5 aromatic rings. The number of hydrazone groups is 1. The van der Waals surface area contributed by atoms with Crippen molar-refractivity contribution >= 4 is 40.1 Å². The minimum Gasteiger partial charge on any atom is -0.857 e. The summed E-state index contributed by atoms with van der Waals surface area (Å²) in [6, 6.07) is 34.4. The molecule has 0 spiro atoms. The van der Waals surface area contributed by atoms with Crippen molar-refractivity contribution in [3.8, 4) is 11.6 Å². The van der Waals surface area contributed by atoms with E-state index in [9.17, 15) is 9.90 Å². The van der Waals surface area contributed by atoms with Gasteiger partial charge >= 0.3 is 19.5 Å². The van der Waals surface area contributed by atoms with Gasteiger partial charge in [-0.2, -0.15) is 20.3 Å². The van der Waals surface area contributed by atoms with Gasteiger partial charge in [-0.15, -0.1) is 10.8 Å². The maximum absolute atomic E-state index is 12.5. The van der Waals surface area contributed by atoms with Gasteiger partial charge < -0.3 is 15.6 Å². The van der Waals surface area contributed by atoms with E-state index in [0.717, 1.165) is 0 Å². The molecule has 256 valence electrons. The molecule has 51 heavy (non-hydrogen) atoms. The zero-order chi connectivity index (χ0) is 36.1. The van der Waals surface area contributed by atoms with Crippen molar-refractivity contribution in [2.75, 3.05) is 5.01 Å². The van der Waals surface area contributed by atoms with Gasteiger partial charge in [0.1, 0.15) is 11.4 Å². The largest absolute Gasteiger partial charge is 2.00 e. The number of aryl methyl sites for hydroxylation is 1. The van der Waals surface area contributed by atoms with Crippen LogP contribution < -0.4 is 10.1 Å². The van der Waals surface area contributed by atoms with Crippen LogP contribution in [-0.2, 0) is 35.1 Å². The first-order chi connectivity index (χ1) is 23.7. The molecule has 1 aliphatic heterocycles. The number of nitrogens with zero attached hydrogens (tertiary/aromatic N) is 8. The number of benzene rings is 4. The minimum atomic E-state index is -0.265. The van der Waals surface area contributed by atoms with Gasteiger partial charge in [0.05, 0.1) is 28.5 Å². The maximum atomic E-state index is 12.5. The van der Waals surface area contributed by atoms with Crippen molar-refractivity contribution in [3.63, 3.8) is 0 Å². The minimum absolute atomic E-state index is 0. The van der Waals surface area contributed by atoms with Gasteiger partial charge in [-0.1, -0.05) is 114 Å². The molecule has 1 aromatic heterocycles. The van der Waals surface area contributed by atoms with E-state index in [-0.39, 0.29) is 53.5 Å². The fourth-order valence-electron chi connectivity index (χ4n) is 4.99. The summed E-state index contributed by atoms with van der Waals surface area (Å²) in [4.78, 5) is 12.5. The Bertz CT molecular complexity index is 2020. The topological polar surface area (TPSA) is 125 Å². The average Bonchev–Trinajstić information content (AvgIpc) is 3.55. The number of para-hydroxylation sites is 2. The second kappa shape index (κ2) is 16.2. The van der Waals surface area contributed by atoms with Gasteiger partial charge in [0.15, 0.2) is 0 Å². The van der Waals surface area contributed by atoms with E-state index in [2.05, 4.69) is 72.5 Å². The van der Waals surface area contributed by atoms with E-state index < -0.39 is 0 Å². The van der Waals surface area contributed by atoms with Crippen molar-refractivity contribution in [1.82, 2.24) is 9.78 Å². The number of rotatable bonds is 6. The molecule has 2 heterocycles. The molecular formula is C40H42N8O2Zn. The van der Waals surface area contributed by atoms with Crippen LogP contribution in [0.15, 0.2) is 130 Å². The molecule has 4 aromatic carbocycles. The van der Waals surface area contributed by atoms with Crippen LogP contribution in [0.25, 0.3) is 11.1 Å². The first kappa shape index (κ1) is 38.5. The normalized spacial score (nSPS) is 13.9. The van der Waals surface area contributed by atoms with Crippen molar-refractivity contribution in [2.45, 2.75) is 66.2 Å². The van der Waals surface area contributed by atoms with Crippen LogP contribution in [0.4, 0.5) is 22.7 Å². The van der Waals surface area contributed by atoms with Crippen LogP contribution in [0.1, 0.15) is 65.3 Å². The molecule has 0 saturated carbocycles. The third-order valence-corrected chi connectivity index (χ3v) is 7.97. The predicted octanol–water partition coefficient (Wildman–Crippen LogP) is 9.73. The number of amides is 1. The summed E-state index contributed by atoms with van der Waals surface area (Å²) >= 11 is 0. The van der Waals surface area contributed by atoms with Crippen LogP contribution >= 0.6 is 0 Å². The van der Waals surface area contributed by atoms with E-state index in [1.165, 1.54) is 20.8 Å². The molecule has 0 N–H and O–H groups in total. The van der Waals surface area contributed by atoms with Crippen molar-refractivity contribution in [1.29, 1.82) is 0 Å². The van der Waals surface area contributed by atoms with E-state index in [0.29, 0.717) is 34.2 Å². The van der Waals surface area contributed by atoms with Crippen molar-refractivity contribution < 1.29 is 29.4 Å². The fourth-order valence-corrected chi connectivity index (χ4v) is 4.99. The number of anilines is 1. The predicted molar refractivity (Wildman–Crippen MR) is 200 cm³/mol. The van der Waals surface area contributed by atoms with E-state index >= 15 is 0 Å². The molecule has 0 radical (unpaired) electrons. The van der Waals surface area contributed by atoms with Crippen LogP contribution in [0, 0.1) is 6.92 Å². The number of azo groups is 1. The molecule has 0 fully saturated rings. The fraction of sp³-hybridized carbons (Fsp3) is 0.250. The third-order valence-electron chi connectivity index (χ3n) is 7.97. The molecule has 1 aliphatic rings. The molecule has 0 unspecified atom stereocenters. The summed E-state index contributed by atoms with van der Waals surface area (Å²) in [5.74, 6) is -0.530. The summed E-state index contributed by atoms with van der Waals surface area (Å²) in [7, 11) is 0. The number of hydrogen-bond donors (Lipinski definition) is 0. The van der Waals surface area contributed by atoms with Gasteiger partial charge in [-0.05, 0) is 72.2 Å². The van der Waals surface area contributed by atoms with Gasteiger partial charge in [0.25, 0.3) is 5.91 Å². The molecule has 0 aliphatic carbocycles. The van der Waals surface area contributed by atoms with E-state index in [1.54, 1.807) is 13.8 Å². The zero-order valence-electron chi connectivity index (χ0n) is 30.5. The quantitative estimate of drug-likeness (QED) is 0.0981. The van der Waals surface area contributed by atoms with E-state index in [4.69, 9.17) is 0 Å². The van der Waals surface area contributed by atoms with Gasteiger partial charge in [0.2, 0.25) is 0 Å². The maximum Gasteiger partial charge on any atom is 2.00 e. The Kier molecular flexibility index (Phi) is 12.2. The number of aromatic nitrogens is 2. The van der Waals surface area contributed by atoms with E-state index in [1.807, 2.05) is 109 Å². The Morgan fingerprint density at radius 2 is 1.20 bits per heavy atom. The summed E-state index contributed by atoms with van der Waals surface area (Å²) in [6.45, 7) is 16.5. The Morgan fingerprint density at radius 1 is 0.686 bits per heavy atom. The third kappa shape index (κ3) is 9.49. The van der Waals surface area contributed by atoms with Crippen molar-refractivity contribution in [2.24, 2.45) is 20.4 Å². The van der Waals surface area contributed by atoms with Crippen molar-refractivity contribution in [3.05, 3.63) is 131 Å². The van der Waals surface area contributed by atoms with Crippen LogP contribution in [0.2, 0.25) is 0 Å². The molecule has 10 nitrogen and oxygen atoms in total. The summed E-state index contributed by atoms with van der Waals surface area (Å²) in [5.41, 5.74) is 11.3.